The van der Waals surface area contributed by atoms with Gasteiger partial charge in [-0.1, -0.05) is 0 Å². The predicted octanol–water partition coefficient (Wildman–Crippen LogP) is 2.14. The molecule has 0 aromatic rings. The van der Waals surface area contributed by atoms with Crippen molar-refractivity contribution in [2.24, 2.45) is 0 Å². The van der Waals surface area contributed by atoms with Crippen LogP contribution in [0.4, 0.5) is 0 Å². The van der Waals surface area contributed by atoms with Crippen molar-refractivity contribution in [3.05, 3.63) is 84.9 Å². The van der Waals surface area contributed by atoms with Crippen LogP contribution in [-0.4, -0.2) is 6.79 Å². The molecule has 0 bridgehead atoms. The quantitative estimate of drug-likeness (QED) is 0.288. The summed E-state index contributed by atoms with van der Waals surface area (Å²) in [6.07, 6.45) is 20.0. The Kier molecular flexibility index (Phi) is 99.6. The molecule has 0 N–H and O–H groups in total. The van der Waals surface area contributed by atoms with Gasteiger partial charge in [0.05, 0.1) is 0 Å². The van der Waals surface area contributed by atoms with E-state index >= 15 is 0 Å². The summed E-state index contributed by atoms with van der Waals surface area (Å²) in [4.78, 5) is 7.75. The summed E-state index contributed by atoms with van der Waals surface area (Å²) in [5.41, 5.74) is 0. The minimum absolute atomic E-state index is 0. The second-order valence-electron chi connectivity index (χ2n) is 1.92. The Balaban J connectivity index is -0.0000000289. The molecular formula is C14H14Fe2O3. The first kappa shape index (κ1) is 36.4. The molecule has 0 aromatic heterocycles. The van der Waals surface area contributed by atoms with Gasteiger partial charge in [0.15, 0.2) is 0 Å². The van der Waals surface area contributed by atoms with Crippen LogP contribution in [0.3, 0.4) is 0 Å². The van der Waals surface area contributed by atoms with Crippen LogP contribution in [0.5, 0.6) is 0 Å². The predicted molar refractivity (Wildman–Crippen MR) is 64.0 cm³/mol. The third kappa shape index (κ3) is 46.0. The largest absolute Gasteiger partial charge is 0.545 e. The first-order chi connectivity index (χ1) is 8.00. The SMILES string of the molecule is [C-]#[O+].[C-]#[O+].[CH-]=O.[CH3+].[CH]1[CH][CH][CH][CH]1.[CH]1[CH][CH][CH][CH]1.[Fe].[Fe]. The molecule has 10 radical (unpaired) electrons. The molecule has 0 amide bonds. The van der Waals surface area contributed by atoms with Gasteiger partial charge >= 0.3 is 22.6 Å². The molecule has 2 rings (SSSR count). The van der Waals surface area contributed by atoms with Gasteiger partial charge in [0.1, 0.15) is 0 Å². The van der Waals surface area contributed by atoms with Gasteiger partial charge < -0.3 is 4.79 Å². The average molecular weight is 342 g/mol. The van der Waals surface area contributed by atoms with Gasteiger partial charge in [0.2, 0.25) is 0 Å². The summed E-state index contributed by atoms with van der Waals surface area (Å²) in [6, 6.07) is 0. The van der Waals surface area contributed by atoms with Crippen molar-refractivity contribution in [3.8, 4) is 0 Å². The maximum atomic E-state index is 7.75. The van der Waals surface area contributed by atoms with E-state index in [1.54, 1.807) is 0 Å². The monoisotopic (exact) mass is 342 g/mol. The van der Waals surface area contributed by atoms with E-state index in [0.29, 0.717) is 0 Å². The minimum atomic E-state index is 0. The number of hydrogen-bond donors (Lipinski definition) is 0. The van der Waals surface area contributed by atoms with Gasteiger partial charge in [0.25, 0.3) is 0 Å². The van der Waals surface area contributed by atoms with Crippen LogP contribution in [0.1, 0.15) is 0 Å². The van der Waals surface area contributed by atoms with Crippen LogP contribution >= 0.6 is 0 Å². The Hall–Kier alpha value is 0.0590. The normalized spacial score (nSPS) is 13.1. The third-order valence-electron chi connectivity index (χ3n) is 1.11. The van der Waals surface area contributed by atoms with E-state index < -0.39 is 0 Å². The van der Waals surface area contributed by atoms with E-state index in [1.807, 2.05) is 64.2 Å². The van der Waals surface area contributed by atoms with Crippen molar-refractivity contribution in [2.75, 3.05) is 0 Å². The molecule has 0 unspecified atom stereocenters. The molecule has 2 fully saturated rings. The van der Waals surface area contributed by atoms with E-state index in [9.17, 15) is 0 Å². The van der Waals surface area contributed by atoms with E-state index in [2.05, 4.69) is 20.1 Å². The van der Waals surface area contributed by atoms with Crippen molar-refractivity contribution in [1.29, 1.82) is 0 Å². The molecule has 3 nitrogen and oxygen atoms in total. The average Bonchev–Trinajstić information content (AvgIpc) is 3.14. The fraction of sp³-hybridized carbons (Fsp3) is 0. The second-order valence-corrected chi connectivity index (χ2v) is 1.92. The topological polar surface area (TPSA) is 56.9 Å². The Morgan fingerprint density at radius 1 is 0.526 bits per heavy atom. The van der Waals surface area contributed by atoms with E-state index in [4.69, 9.17) is 14.1 Å². The molecule has 0 spiro atoms. The molecule has 0 saturated heterocycles. The van der Waals surface area contributed by atoms with Crippen LogP contribution in [0, 0.1) is 84.9 Å². The summed E-state index contributed by atoms with van der Waals surface area (Å²) >= 11 is 0. The van der Waals surface area contributed by atoms with E-state index in [1.165, 1.54) is 0 Å². The van der Waals surface area contributed by atoms with Crippen LogP contribution < -0.4 is 0 Å². The molecule has 0 atom stereocenters. The zero-order valence-corrected chi connectivity index (χ0v) is 12.5. The van der Waals surface area contributed by atoms with Crippen molar-refractivity contribution in [2.45, 2.75) is 0 Å². The van der Waals surface area contributed by atoms with Gasteiger partial charge in [-0.05, 0) is 64.2 Å². The molecule has 0 heterocycles. The molecule has 2 aliphatic rings. The Morgan fingerprint density at radius 2 is 0.579 bits per heavy atom. The first-order valence-corrected chi connectivity index (χ1v) is 3.98. The molecule has 0 aromatic carbocycles. The second kappa shape index (κ2) is 51.9. The fourth-order valence-electron chi connectivity index (χ4n) is 0.642. The summed E-state index contributed by atoms with van der Waals surface area (Å²) in [7, 11) is 0. The zero-order chi connectivity index (χ0) is 13.1. The van der Waals surface area contributed by atoms with Crippen LogP contribution in [-0.2, 0) is 48.2 Å². The summed E-state index contributed by atoms with van der Waals surface area (Å²) in [5.74, 6) is 0. The van der Waals surface area contributed by atoms with Gasteiger partial charge in [-0.25, -0.2) is 0 Å². The summed E-state index contributed by atoms with van der Waals surface area (Å²) < 4.78 is 15.0. The van der Waals surface area contributed by atoms with Gasteiger partial charge in [-0.15, -0.1) is 0 Å². The number of carbonyl (C=O) groups excluding carboxylic acids is 1. The maximum absolute atomic E-state index is 7.75. The van der Waals surface area contributed by atoms with Gasteiger partial charge in [-0.2, -0.15) is 0 Å². The van der Waals surface area contributed by atoms with Crippen LogP contribution in [0.2, 0.25) is 0 Å². The Labute approximate surface area is 140 Å². The summed E-state index contributed by atoms with van der Waals surface area (Å²) in [6.45, 7) is 12.2. The zero-order valence-electron chi connectivity index (χ0n) is 10.3. The Bertz CT molecular complexity index is 111. The van der Waals surface area contributed by atoms with Gasteiger partial charge in [-0.3, -0.25) is 6.79 Å². The number of rotatable bonds is 0. The minimum Gasteiger partial charge on any atom is -0.545 e. The standard InChI is InChI=1S/2C5H5.CHO.2CO.CH3.2Fe/c2*1-2-4-5-3-1;3*1-2;;;/h2*1-5H;1H;;;1H3;;/q;;-1;;;+1;;. The Morgan fingerprint density at radius 3 is 0.632 bits per heavy atom. The molecular weight excluding hydrogens is 328 g/mol. The van der Waals surface area contributed by atoms with E-state index in [0.717, 1.165) is 0 Å². The van der Waals surface area contributed by atoms with Crippen LogP contribution in [0.25, 0.3) is 0 Å². The molecule has 5 heteroatoms. The maximum Gasteiger partial charge on any atom is 0.0467 e. The van der Waals surface area contributed by atoms with Gasteiger partial charge in [0, 0.05) is 41.6 Å². The smallest absolute Gasteiger partial charge is 0.0467 e. The molecule has 104 valence electrons. The van der Waals surface area contributed by atoms with Crippen LogP contribution in [0.15, 0.2) is 0 Å². The first-order valence-electron chi connectivity index (χ1n) is 3.98. The molecule has 2 aliphatic carbocycles. The van der Waals surface area contributed by atoms with Crippen molar-refractivity contribution >= 4 is 6.79 Å². The molecule has 0 aliphatic heterocycles. The van der Waals surface area contributed by atoms with Crippen molar-refractivity contribution in [3.63, 3.8) is 0 Å². The molecule has 19 heavy (non-hydrogen) atoms. The van der Waals surface area contributed by atoms with Crippen molar-refractivity contribution in [1.82, 2.24) is 0 Å². The third-order valence-corrected chi connectivity index (χ3v) is 1.11. The molecule has 2 saturated carbocycles. The fourth-order valence-corrected chi connectivity index (χ4v) is 0.642. The van der Waals surface area contributed by atoms with Crippen molar-refractivity contribution < 1.29 is 48.2 Å². The number of hydrogen-bond acceptors (Lipinski definition) is 1. The summed E-state index contributed by atoms with van der Waals surface area (Å²) in [5, 5.41) is 0. The van der Waals surface area contributed by atoms with E-state index in [-0.39, 0.29) is 41.6 Å².